The Morgan fingerprint density at radius 3 is 1.37 bits per heavy atom. The molecule has 19 heavy (non-hydrogen) atoms. The van der Waals surface area contributed by atoms with Gasteiger partial charge in [0.05, 0.1) is 0 Å². The van der Waals surface area contributed by atoms with Gasteiger partial charge in [0.1, 0.15) is 0 Å². The minimum atomic E-state index is -0.652. The van der Waals surface area contributed by atoms with Crippen LogP contribution in [-0.2, 0) is 4.43 Å². The first-order chi connectivity index (χ1) is 8.19. The number of hydrogen-bond donors (Lipinski definition) is 2. The average molecular weight is 290 g/mol. The second kappa shape index (κ2) is 5.82. The molecule has 0 fully saturated rings. The number of nitrogens with one attached hydrogen (secondary N) is 2. The van der Waals surface area contributed by atoms with Crippen molar-refractivity contribution < 1.29 is 4.43 Å². The maximum Gasteiger partial charge on any atom is 0.228 e. The quantitative estimate of drug-likeness (QED) is 0.606. The van der Waals surface area contributed by atoms with Crippen LogP contribution >= 0.6 is 0 Å². The molecule has 0 radical (unpaired) electrons. The second-order valence-electron chi connectivity index (χ2n) is 8.15. The van der Waals surface area contributed by atoms with Gasteiger partial charge in [-0.05, 0) is 69.4 Å². The van der Waals surface area contributed by atoms with E-state index in [0.717, 1.165) is 0 Å². The van der Waals surface area contributed by atoms with Gasteiger partial charge in [-0.1, -0.05) is 0 Å². The SMILES string of the molecule is CNC(NC(C)(C)C)(O[SiH3])N(C(C)(C)C)C(C)(C)C. The van der Waals surface area contributed by atoms with Crippen LogP contribution in [0.2, 0.25) is 0 Å². The third kappa shape index (κ3) is 5.15. The molecule has 0 aromatic rings. The van der Waals surface area contributed by atoms with Crippen molar-refractivity contribution in [3.05, 3.63) is 0 Å². The summed E-state index contributed by atoms with van der Waals surface area (Å²) in [6, 6.07) is 0. The van der Waals surface area contributed by atoms with E-state index in [9.17, 15) is 0 Å². The van der Waals surface area contributed by atoms with E-state index >= 15 is 0 Å². The van der Waals surface area contributed by atoms with Crippen LogP contribution in [-0.4, -0.2) is 45.0 Å². The van der Waals surface area contributed by atoms with Gasteiger partial charge in [-0.2, -0.15) is 0 Å². The summed E-state index contributed by atoms with van der Waals surface area (Å²) in [5.74, 6) is -0.652. The molecule has 0 amide bonds. The molecule has 0 saturated carbocycles. The molecular weight excluding hydrogens is 254 g/mol. The third-order valence-corrected chi connectivity index (χ3v) is 3.43. The average Bonchev–Trinajstić information content (AvgIpc) is 2.09. The first kappa shape index (κ1) is 19.1. The van der Waals surface area contributed by atoms with Crippen molar-refractivity contribution in [1.82, 2.24) is 15.5 Å². The lowest BCUT2D eigenvalue weighted by atomic mass is 9.94. The van der Waals surface area contributed by atoms with Crippen molar-refractivity contribution in [3.8, 4) is 0 Å². The summed E-state index contributed by atoms with van der Waals surface area (Å²) in [5, 5.41) is 6.97. The molecule has 0 aromatic heterocycles. The molecule has 0 saturated heterocycles. The first-order valence-corrected chi connectivity index (χ1v) is 7.85. The topological polar surface area (TPSA) is 36.5 Å². The molecule has 0 bridgehead atoms. The van der Waals surface area contributed by atoms with Crippen LogP contribution in [0.15, 0.2) is 0 Å². The highest BCUT2D eigenvalue weighted by atomic mass is 28.2. The Labute approximate surface area is 123 Å². The fourth-order valence-corrected chi connectivity index (χ4v) is 3.42. The summed E-state index contributed by atoms with van der Waals surface area (Å²) in [7, 11) is 2.59. The monoisotopic (exact) mass is 289 g/mol. The summed E-state index contributed by atoms with van der Waals surface area (Å²) in [5.41, 5.74) is -0.129. The minimum Gasteiger partial charge on any atom is -0.387 e. The molecule has 4 nitrogen and oxygen atoms in total. The summed E-state index contributed by atoms with van der Waals surface area (Å²) in [6.45, 7) is 19.8. The molecule has 2 N–H and O–H groups in total. The number of hydrogen-bond acceptors (Lipinski definition) is 4. The van der Waals surface area contributed by atoms with Crippen molar-refractivity contribution in [3.63, 3.8) is 0 Å². The lowest BCUT2D eigenvalue weighted by Gasteiger charge is -2.57. The predicted octanol–water partition coefficient (Wildman–Crippen LogP) is 1.40. The zero-order valence-electron chi connectivity index (χ0n) is 14.9. The highest BCUT2D eigenvalue weighted by Gasteiger charge is 2.48. The van der Waals surface area contributed by atoms with Crippen molar-refractivity contribution >= 4 is 10.5 Å². The molecule has 0 aliphatic carbocycles. The van der Waals surface area contributed by atoms with Gasteiger partial charge in [-0.25, -0.2) is 4.90 Å². The highest BCUT2D eigenvalue weighted by Crippen LogP contribution is 2.32. The van der Waals surface area contributed by atoms with Gasteiger partial charge in [0.2, 0.25) is 5.97 Å². The first-order valence-electron chi connectivity index (χ1n) is 7.03. The van der Waals surface area contributed by atoms with Gasteiger partial charge in [0.15, 0.2) is 10.5 Å². The van der Waals surface area contributed by atoms with Crippen LogP contribution in [0.1, 0.15) is 62.3 Å². The van der Waals surface area contributed by atoms with E-state index in [1.54, 1.807) is 0 Å². The van der Waals surface area contributed by atoms with Gasteiger partial charge in [-0.3, -0.25) is 10.6 Å². The molecule has 0 heterocycles. The Kier molecular flexibility index (Phi) is 5.83. The Balaban J connectivity index is 5.79. The van der Waals surface area contributed by atoms with Gasteiger partial charge in [-0.15, -0.1) is 0 Å². The summed E-state index contributed by atoms with van der Waals surface area (Å²) < 4.78 is 6.02. The molecule has 0 aliphatic rings. The summed E-state index contributed by atoms with van der Waals surface area (Å²) in [4.78, 5) is 2.37. The molecule has 0 aliphatic heterocycles. The molecule has 1 unspecified atom stereocenters. The largest absolute Gasteiger partial charge is 0.387 e. The van der Waals surface area contributed by atoms with Crippen LogP contribution < -0.4 is 10.6 Å². The molecule has 5 heteroatoms. The van der Waals surface area contributed by atoms with Crippen molar-refractivity contribution in [2.45, 2.75) is 84.9 Å². The smallest absolute Gasteiger partial charge is 0.228 e. The Morgan fingerprint density at radius 1 is 0.842 bits per heavy atom. The van der Waals surface area contributed by atoms with Crippen LogP contribution in [0.4, 0.5) is 0 Å². The number of rotatable bonds is 4. The predicted molar refractivity (Wildman–Crippen MR) is 87.0 cm³/mol. The second-order valence-corrected chi connectivity index (χ2v) is 8.56. The van der Waals surface area contributed by atoms with E-state index in [-0.39, 0.29) is 16.6 Å². The van der Waals surface area contributed by atoms with Crippen molar-refractivity contribution in [2.75, 3.05) is 7.05 Å². The van der Waals surface area contributed by atoms with E-state index in [2.05, 4.69) is 77.8 Å². The van der Waals surface area contributed by atoms with E-state index in [0.29, 0.717) is 10.5 Å². The molecule has 0 aromatic carbocycles. The molecular formula is C14H35N3OSi. The van der Waals surface area contributed by atoms with Crippen molar-refractivity contribution in [2.24, 2.45) is 0 Å². The van der Waals surface area contributed by atoms with Crippen molar-refractivity contribution in [1.29, 1.82) is 0 Å². The lowest BCUT2D eigenvalue weighted by molar-refractivity contribution is -0.213. The molecule has 116 valence electrons. The third-order valence-electron chi connectivity index (χ3n) is 2.84. The summed E-state index contributed by atoms with van der Waals surface area (Å²) >= 11 is 0. The number of nitrogens with zero attached hydrogens (tertiary/aromatic N) is 1. The van der Waals surface area contributed by atoms with Crippen LogP contribution in [0.25, 0.3) is 0 Å². The molecule has 1 atom stereocenters. The van der Waals surface area contributed by atoms with E-state index in [4.69, 9.17) is 4.43 Å². The standard InChI is InChI=1S/C14H35N3OSi/c1-11(2,3)16-14(15-10,18-19)17(12(4,5)6)13(7,8)9/h15-16H,1-10,19H3. The lowest BCUT2D eigenvalue weighted by Crippen LogP contribution is -2.78. The zero-order chi connectivity index (χ0) is 15.7. The molecule has 0 spiro atoms. The van der Waals surface area contributed by atoms with Gasteiger partial charge < -0.3 is 4.43 Å². The van der Waals surface area contributed by atoms with Crippen LogP contribution in [0, 0.1) is 0 Å². The minimum absolute atomic E-state index is 0.0378. The van der Waals surface area contributed by atoms with Gasteiger partial charge in [0.25, 0.3) is 0 Å². The molecule has 0 rings (SSSR count). The van der Waals surface area contributed by atoms with Crippen LogP contribution in [0.5, 0.6) is 0 Å². The van der Waals surface area contributed by atoms with Crippen LogP contribution in [0.3, 0.4) is 0 Å². The Morgan fingerprint density at radius 2 is 1.21 bits per heavy atom. The summed E-state index contributed by atoms with van der Waals surface area (Å²) in [6.07, 6.45) is 0. The fraction of sp³-hybridized carbons (Fsp3) is 1.00. The normalized spacial score (nSPS) is 17.8. The zero-order valence-corrected chi connectivity index (χ0v) is 16.9. The maximum absolute atomic E-state index is 6.02. The maximum atomic E-state index is 6.02. The van der Waals surface area contributed by atoms with E-state index < -0.39 is 5.97 Å². The Hall–Kier alpha value is 0.0569. The van der Waals surface area contributed by atoms with Gasteiger partial charge >= 0.3 is 0 Å². The highest BCUT2D eigenvalue weighted by molar-refractivity contribution is 5.98. The fourth-order valence-electron chi connectivity index (χ4n) is 2.93. The van der Waals surface area contributed by atoms with Gasteiger partial charge in [0, 0.05) is 16.6 Å². The van der Waals surface area contributed by atoms with E-state index in [1.165, 1.54) is 0 Å². The van der Waals surface area contributed by atoms with E-state index in [1.807, 2.05) is 7.05 Å². The Bertz CT molecular complexity index is 269.